The number of hydrogen-bond donors (Lipinski definition) is 2. The molecule has 2 rings (SSSR count). The third kappa shape index (κ3) is 3.45. The molecule has 4 heteroatoms. The predicted octanol–water partition coefficient (Wildman–Crippen LogP) is 1.73. The summed E-state index contributed by atoms with van der Waals surface area (Å²) in [7, 11) is 0. The number of benzene rings is 1. The van der Waals surface area contributed by atoms with Crippen LogP contribution in [0.5, 0.6) is 0 Å². The number of nitrogens with one attached hydrogen (secondary N) is 2. The predicted molar refractivity (Wildman–Crippen MR) is 68.2 cm³/mol. The minimum atomic E-state index is -0.125. The normalized spacial score (nSPS) is 10.2. The van der Waals surface area contributed by atoms with Gasteiger partial charge in [0, 0.05) is 18.3 Å². The molecule has 1 aromatic carbocycles. The third-order valence-electron chi connectivity index (χ3n) is 2.42. The van der Waals surface area contributed by atoms with Crippen molar-refractivity contribution in [3.63, 3.8) is 0 Å². The van der Waals surface area contributed by atoms with E-state index in [4.69, 9.17) is 0 Å². The molecular weight excluding hydrogens is 214 g/mol. The second-order valence-corrected chi connectivity index (χ2v) is 3.90. The van der Waals surface area contributed by atoms with Crippen LogP contribution in [0, 0.1) is 6.92 Å². The molecular formula is C13H15N3O. The first kappa shape index (κ1) is 11.4. The maximum atomic E-state index is 11.2. The summed E-state index contributed by atoms with van der Waals surface area (Å²) in [6.45, 7) is 2.55. The minimum absolute atomic E-state index is 0.125. The average Bonchev–Trinajstić information content (AvgIpc) is 2.29. The summed E-state index contributed by atoms with van der Waals surface area (Å²) in [5.41, 5.74) is 1.85. The molecule has 0 unspecified atom stereocenters. The molecule has 17 heavy (non-hydrogen) atoms. The molecule has 0 saturated carbocycles. The fourth-order valence-electron chi connectivity index (χ4n) is 1.63. The van der Waals surface area contributed by atoms with Crippen LogP contribution in [0.1, 0.15) is 11.3 Å². The molecule has 0 atom stereocenters. The smallest absolute Gasteiger partial charge is 0.252 e. The van der Waals surface area contributed by atoms with Crippen LogP contribution in [-0.4, -0.2) is 16.5 Å². The summed E-state index contributed by atoms with van der Waals surface area (Å²) in [5, 5.41) is 3.11. The van der Waals surface area contributed by atoms with Gasteiger partial charge in [0.05, 0.1) is 0 Å². The topological polar surface area (TPSA) is 57.8 Å². The number of aromatic nitrogens is 2. The Labute approximate surface area is 99.7 Å². The number of hydrogen-bond acceptors (Lipinski definition) is 3. The highest BCUT2D eigenvalue weighted by Crippen LogP contribution is 2.01. The number of H-pyrrole nitrogens is 1. The molecule has 0 aliphatic heterocycles. The summed E-state index contributed by atoms with van der Waals surface area (Å²) < 4.78 is 0. The van der Waals surface area contributed by atoms with E-state index in [0.717, 1.165) is 18.7 Å². The maximum absolute atomic E-state index is 11.2. The molecule has 2 aromatic rings. The monoisotopic (exact) mass is 229 g/mol. The van der Waals surface area contributed by atoms with Gasteiger partial charge in [-0.2, -0.15) is 0 Å². The number of aryl methyl sites for hydroxylation is 1. The van der Waals surface area contributed by atoms with Crippen molar-refractivity contribution in [1.29, 1.82) is 0 Å². The van der Waals surface area contributed by atoms with E-state index in [1.54, 1.807) is 6.92 Å². The van der Waals surface area contributed by atoms with Crippen LogP contribution in [0.2, 0.25) is 0 Å². The molecule has 88 valence electrons. The number of aromatic amines is 1. The van der Waals surface area contributed by atoms with E-state index in [1.165, 1.54) is 11.6 Å². The van der Waals surface area contributed by atoms with Crippen molar-refractivity contribution in [2.45, 2.75) is 13.3 Å². The van der Waals surface area contributed by atoms with Crippen molar-refractivity contribution in [1.82, 2.24) is 9.97 Å². The van der Waals surface area contributed by atoms with Gasteiger partial charge in [0.25, 0.3) is 5.56 Å². The largest absolute Gasteiger partial charge is 0.355 e. The fraction of sp³-hybridized carbons (Fsp3) is 0.231. The van der Waals surface area contributed by atoms with Crippen LogP contribution in [0.3, 0.4) is 0 Å². The molecule has 4 nitrogen and oxygen atoms in total. The summed E-state index contributed by atoms with van der Waals surface area (Å²) >= 11 is 0. The van der Waals surface area contributed by atoms with Crippen molar-refractivity contribution in [2.75, 3.05) is 11.9 Å². The molecule has 1 heterocycles. The summed E-state index contributed by atoms with van der Waals surface area (Å²) in [5.74, 6) is 0.533. The van der Waals surface area contributed by atoms with E-state index < -0.39 is 0 Å². The van der Waals surface area contributed by atoms with E-state index in [9.17, 15) is 4.79 Å². The molecule has 0 saturated heterocycles. The second-order valence-electron chi connectivity index (χ2n) is 3.90. The third-order valence-corrected chi connectivity index (χ3v) is 2.42. The SMILES string of the molecule is Cc1cc(=O)[nH]c(NCCc2ccccc2)n1. The van der Waals surface area contributed by atoms with E-state index in [-0.39, 0.29) is 5.56 Å². The first-order valence-electron chi connectivity index (χ1n) is 5.60. The Bertz CT molecular complexity index is 534. The van der Waals surface area contributed by atoms with Crippen LogP contribution in [-0.2, 0) is 6.42 Å². The highest BCUT2D eigenvalue weighted by atomic mass is 16.1. The zero-order valence-electron chi connectivity index (χ0n) is 9.73. The fourth-order valence-corrected chi connectivity index (χ4v) is 1.63. The van der Waals surface area contributed by atoms with E-state index >= 15 is 0 Å². The van der Waals surface area contributed by atoms with Crippen LogP contribution in [0.15, 0.2) is 41.2 Å². The Morgan fingerprint density at radius 1 is 1.29 bits per heavy atom. The maximum Gasteiger partial charge on any atom is 0.252 e. The van der Waals surface area contributed by atoms with Gasteiger partial charge >= 0.3 is 0 Å². The lowest BCUT2D eigenvalue weighted by atomic mass is 10.1. The van der Waals surface area contributed by atoms with E-state index in [1.807, 2.05) is 18.2 Å². The number of rotatable bonds is 4. The second kappa shape index (κ2) is 5.30. The standard InChI is InChI=1S/C13H15N3O/c1-10-9-12(17)16-13(15-10)14-8-7-11-5-3-2-4-6-11/h2-6,9H,7-8H2,1H3,(H2,14,15,16,17). The zero-order chi connectivity index (χ0) is 12.1. The lowest BCUT2D eigenvalue weighted by Crippen LogP contribution is -2.14. The van der Waals surface area contributed by atoms with Crippen molar-refractivity contribution in [3.8, 4) is 0 Å². The van der Waals surface area contributed by atoms with Gasteiger partial charge in [-0.15, -0.1) is 0 Å². The molecule has 0 spiro atoms. The van der Waals surface area contributed by atoms with Gasteiger partial charge in [-0.05, 0) is 18.9 Å². The Morgan fingerprint density at radius 2 is 2.06 bits per heavy atom. The Balaban J connectivity index is 1.92. The summed E-state index contributed by atoms with van der Waals surface area (Å²) in [4.78, 5) is 18.1. The van der Waals surface area contributed by atoms with Gasteiger partial charge in [-0.1, -0.05) is 30.3 Å². The summed E-state index contributed by atoms with van der Waals surface area (Å²) in [6, 6.07) is 11.7. The van der Waals surface area contributed by atoms with Crippen molar-refractivity contribution >= 4 is 5.95 Å². The van der Waals surface area contributed by atoms with Crippen LogP contribution in [0.4, 0.5) is 5.95 Å². The first-order chi connectivity index (χ1) is 8.24. The average molecular weight is 229 g/mol. The molecule has 0 aliphatic rings. The molecule has 2 N–H and O–H groups in total. The van der Waals surface area contributed by atoms with E-state index in [0.29, 0.717) is 5.95 Å². The number of nitrogens with zero attached hydrogens (tertiary/aromatic N) is 1. The van der Waals surface area contributed by atoms with Crippen LogP contribution < -0.4 is 10.9 Å². The van der Waals surface area contributed by atoms with Gasteiger partial charge in [0.15, 0.2) is 0 Å². The van der Waals surface area contributed by atoms with Gasteiger partial charge in [-0.25, -0.2) is 4.98 Å². The molecule has 0 bridgehead atoms. The van der Waals surface area contributed by atoms with Gasteiger partial charge in [-0.3, -0.25) is 9.78 Å². The Kier molecular flexibility index (Phi) is 3.55. The van der Waals surface area contributed by atoms with Gasteiger partial charge in [0.1, 0.15) is 0 Å². The lowest BCUT2D eigenvalue weighted by Gasteiger charge is -2.05. The molecule has 0 amide bonds. The van der Waals surface area contributed by atoms with Crippen molar-refractivity contribution < 1.29 is 0 Å². The van der Waals surface area contributed by atoms with Crippen LogP contribution >= 0.6 is 0 Å². The molecule has 0 fully saturated rings. The minimum Gasteiger partial charge on any atom is -0.355 e. The number of anilines is 1. The Morgan fingerprint density at radius 3 is 2.76 bits per heavy atom. The highest BCUT2D eigenvalue weighted by molar-refractivity contribution is 5.25. The summed E-state index contributed by atoms with van der Waals surface area (Å²) in [6.07, 6.45) is 0.901. The highest BCUT2D eigenvalue weighted by Gasteiger charge is 1.97. The van der Waals surface area contributed by atoms with Gasteiger partial charge in [0.2, 0.25) is 5.95 Å². The molecule has 0 aliphatic carbocycles. The van der Waals surface area contributed by atoms with Gasteiger partial charge < -0.3 is 5.32 Å². The van der Waals surface area contributed by atoms with Crippen molar-refractivity contribution in [2.24, 2.45) is 0 Å². The van der Waals surface area contributed by atoms with Crippen molar-refractivity contribution in [3.05, 3.63) is 58.0 Å². The lowest BCUT2D eigenvalue weighted by molar-refractivity contribution is 0.965. The zero-order valence-corrected chi connectivity index (χ0v) is 9.73. The first-order valence-corrected chi connectivity index (χ1v) is 5.60. The van der Waals surface area contributed by atoms with Crippen LogP contribution in [0.25, 0.3) is 0 Å². The molecule has 1 aromatic heterocycles. The Hall–Kier alpha value is -2.10. The van der Waals surface area contributed by atoms with E-state index in [2.05, 4.69) is 27.4 Å². The quantitative estimate of drug-likeness (QED) is 0.839. The molecule has 0 radical (unpaired) electrons.